The molecule has 2 heterocycles. The maximum absolute atomic E-state index is 13.7. The summed E-state index contributed by atoms with van der Waals surface area (Å²) < 4.78 is 66.6. The van der Waals surface area contributed by atoms with Crippen molar-refractivity contribution in [2.24, 2.45) is 0 Å². The highest BCUT2D eigenvalue weighted by Crippen LogP contribution is 2.30. The lowest BCUT2D eigenvalue weighted by Gasteiger charge is -2.10. The molecular formula is C38H29ClF4N4O6S2. The van der Waals surface area contributed by atoms with E-state index in [-0.39, 0.29) is 39.7 Å². The van der Waals surface area contributed by atoms with E-state index in [4.69, 9.17) is 30.9 Å². The van der Waals surface area contributed by atoms with Gasteiger partial charge in [0.15, 0.2) is 28.3 Å². The number of phenolic OH excluding ortho intramolecular Hbond substituents is 1. The van der Waals surface area contributed by atoms with Crippen molar-refractivity contribution >= 4 is 46.7 Å². The molecule has 55 heavy (non-hydrogen) atoms. The predicted octanol–water partition coefficient (Wildman–Crippen LogP) is 9.27. The first-order valence-electron chi connectivity index (χ1n) is 15.5. The first-order valence-corrected chi connectivity index (χ1v) is 18.3. The number of carbonyl (C=O) groups is 2. The van der Waals surface area contributed by atoms with E-state index in [9.17, 15) is 27.2 Å². The van der Waals surface area contributed by atoms with Gasteiger partial charge in [-0.1, -0.05) is 35.9 Å². The summed E-state index contributed by atoms with van der Waals surface area (Å²) in [5.41, 5.74) is 1.21. The summed E-state index contributed by atoms with van der Waals surface area (Å²) in [4.78, 5) is 26.5. The van der Waals surface area contributed by atoms with Crippen LogP contribution in [0.3, 0.4) is 0 Å². The molecule has 0 unspecified atom stereocenters. The van der Waals surface area contributed by atoms with Gasteiger partial charge in [-0.25, -0.2) is 17.6 Å². The molecule has 4 aromatic carbocycles. The number of thioether (sulfide) groups is 2. The summed E-state index contributed by atoms with van der Waals surface area (Å²) in [5.74, 6) is -3.60. The van der Waals surface area contributed by atoms with Gasteiger partial charge in [0.25, 0.3) is 0 Å². The number of methoxy groups -OCH3 is 2. The number of ether oxygens (including phenoxy) is 3. The van der Waals surface area contributed by atoms with Gasteiger partial charge >= 0.3 is 0 Å². The Balaban J connectivity index is 0.000000207. The number of benzene rings is 4. The van der Waals surface area contributed by atoms with Gasteiger partial charge in [-0.2, -0.15) is 0 Å². The molecule has 0 aliphatic carbocycles. The fourth-order valence-corrected chi connectivity index (χ4v) is 5.77. The lowest BCUT2D eigenvalue weighted by molar-refractivity contribution is 0.101. The van der Waals surface area contributed by atoms with Crippen LogP contribution < -0.4 is 14.2 Å². The summed E-state index contributed by atoms with van der Waals surface area (Å²) >= 11 is 8.44. The average Bonchev–Trinajstić information content (AvgIpc) is 3.20. The van der Waals surface area contributed by atoms with E-state index in [0.717, 1.165) is 24.3 Å². The van der Waals surface area contributed by atoms with Crippen LogP contribution in [-0.2, 0) is 0 Å². The minimum Gasteiger partial charge on any atom is -0.505 e. The fraction of sp³-hybridized carbons (Fsp3) is 0.105. The minimum atomic E-state index is -0.935. The normalized spacial score (nSPS) is 10.3. The van der Waals surface area contributed by atoms with E-state index < -0.39 is 29.0 Å². The highest BCUT2D eigenvalue weighted by molar-refractivity contribution is 7.99. The quantitative estimate of drug-likeness (QED) is 0.0803. The number of rotatable bonds is 10. The number of phenols is 1. The molecule has 0 aliphatic rings. The molecule has 284 valence electrons. The molecule has 0 amide bonds. The first kappa shape index (κ1) is 42.0. The molecule has 0 fully saturated rings. The zero-order chi connectivity index (χ0) is 40.1. The summed E-state index contributed by atoms with van der Waals surface area (Å²) in [6, 6.07) is 22.4. The Morgan fingerprint density at radius 3 is 1.60 bits per heavy atom. The van der Waals surface area contributed by atoms with Crippen LogP contribution in [-0.4, -0.2) is 63.8 Å². The van der Waals surface area contributed by atoms with Gasteiger partial charge in [0.2, 0.25) is 17.4 Å². The smallest absolute Gasteiger partial charge is 0.240 e. The van der Waals surface area contributed by atoms with Crippen molar-refractivity contribution in [1.82, 2.24) is 20.4 Å². The van der Waals surface area contributed by atoms with Crippen LogP contribution >= 0.6 is 35.1 Å². The van der Waals surface area contributed by atoms with Crippen LogP contribution in [0, 0.1) is 23.3 Å². The van der Waals surface area contributed by atoms with Crippen LogP contribution in [0.4, 0.5) is 17.6 Å². The van der Waals surface area contributed by atoms with E-state index in [0.29, 0.717) is 44.5 Å². The van der Waals surface area contributed by atoms with Crippen molar-refractivity contribution in [1.29, 1.82) is 0 Å². The predicted molar refractivity (Wildman–Crippen MR) is 200 cm³/mol. The van der Waals surface area contributed by atoms with E-state index in [1.54, 1.807) is 60.9 Å². The van der Waals surface area contributed by atoms with Crippen molar-refractivity contribution in [3.8, 4) is 28.9 Å². The van der Waals surface area contributed by atoms with Crippen molar-refractivity contribution in [2.45, 2.75) is 9.79 Å². The third-order valence-corrected chi connectivity index (χ3v) is 8.74. The lowest BCUT2D eigenvalue weighted by atomic mass is 10.1. The Morgan fingerprint density at radius 2 is 1.11 bits per heavy atom. The Labute approximate surface area is 325 Å². The number of nitrogens with zero attached hydrogens (tertiary/aromatic N) is 4. The molecular weight excluding hydrogens is 784 g/mol. The van der Waals surface area contributed by atoms with Gasteiger partial charge in [-0.05, 0) is 67.1 Å². The molecule has 0 aliphatic heterocycles. The third-order valence-electron chi connectivity index (χ3n) is 7.06. The largest absolute Gasteiger partial charge is 0.505 e. The monoisotopic (exact) mass is 812 g/mol. The Morgan fingerprint density at radius 1 is 0.618 bits per heavy atom. The number of para-hydroxylation sites is 2. The molecule has 1 N–H and O–H groups in total. The number of halogens is 5. The third kappa shape index (κ3) is 11.2. The maximum Gasteiger partial charge on any atom is 0.240 e. The molecule has 0 saturated heterocycles. The molecule has 10 nitrogen and oxygen atoms in total. The second-order valence-electron chi connectivity index (χ2n) is 10.5. The van der Waals surface area contributed by atoms with E-state index in [2.05, 4.69) is 20.4 Å². The van der Waals surface area contributed by atoms with Crippen LogP contribution in [0.25, 0.3) is 0 Å². The van der Waals surface area contributed by atoms with Gasteiger partial charge in [0.1, 0.15) is 34.5 Å². The van der Waals surface area contributed by atoms with Gasteiger partial charge < -0.3 is 19.3 Å². The first-order chi connectivity index (χ1) is 26.4. The molecule has 0 spiro atoms. The molecule has 6 rings (SSSR count). The van der Waals surface area contributed by atoms with Crippen LogP contribution in [0.5, 0.6) is 28.9 Å². The summed E-state index contributed by atoms with van der Waals surface area (Å²) in [5, 5.41) is 24.2. The number of ketones is 2. The van der Waals surface area contributed by atoms with E-state index >= 15 is 0 Å². The Bertz CT molecular complexity index is 2310. The number of carbonyl (C=O) groups excluding carboxylic acids is 2. The maximum atomic E-state index is 13.7. The van der Waals surface area contributed by atoms with Crippen molar-refractivity contribution in [3.05, 3.63) is 148 Å². The van der Waals surface area contributed by atoms with Crippen LogP contribution in [0.1, 0.15) is 32.1 Å². The Hall–Kier alpha value is -5.71. The van der Waals surface area contributed by atoms with Crippen LogP contribution in [0.15, 0.2) is 107 Å². The standard InChI is InChI=1S/C19H14F2N2O3S.C13H11ClN2O2S.C6H4F2O/c1-25-14-6-4-3-5-12(14)19(24)18-16(27-2)10-17(22-23-18)26-15-8-7-11(20)9-13(15)21;1-18-9-6-4-3-5-8(9)13(17)12-10(19-2)7-11(14)15-16-12;7-4-1-2-6(9)5(8)3-4/h3-10H,1-2H3;3-7H,1-2H3;1-3,9H. The molecule has 0 saturated carbocycles. The SMILES string of the molecule is COc1ccccc1C(=O)c1nnc(Cl)cc1SC.COc1ccccc1C(=O)c1nnc(Oc2ccc(F)cc2F)cc1SC.Oc1ccc(F)cc1F. The van der Waals surface area contributed by atoms with E-state index in [1.807, 2.05) is 6.26 Å². The molecule has 0 radical (unpaired) electrons. The molecule has 2 aromatic heterocycles. The lowest BCUT2D eigenvalue weighted by Crippen LogP contribution is -2.09. The van der Waals surface area contributed by atoms with Gasteiger partial charge in [0.05, 0.1) is 25.3 Å². The number of hydrogen-bond acceptors (Lipinski definition) is 12. The van der Waals surface area contributed by atoms with Gasteiger partial charge in [-0.3, -0.25) is 9.59 Å². The minimum absolute atomic E-state index is 0.0126. The highest BCUT2D eigenvalue weighted by Gasteiger charge is 2.22. The van der Waals surface area contributed by atoms with Crippen molar-refractivity contribution < 1.29 is 46.5 Å². The van der Waals surface area contributed by atoms with Crippen LogP contribution in [0.2, 0.25) is 5.15 Å². The molecule has 0 atom stereocenters. The second-order valence-corrected chi connectivity index (χ2v) is 12.6. The molecule has 6 aromatic rings. The number of aromatic hydroxyl groups is 1. The highest BCUT2D eigenvalue weighted by atomic mass is 35.5. The Kier molecular flexibility index (Phi) is 15.4. The molecule has 0 bridgehead atoms. The van der Waals surface area contributed by atoms with Crippen molar-refractivity contribution in [3.63, 3.8) is 0 Å². The second kappa shape index (κ2) is 20.1. The molecule has 17 heteroatoms. The number of hydrogen-bond donors (Lipinski definition) is 1. The zero-order valence-corrected chi connectivity index (χ0v) is 31.6. The number of aromatic nitrogens is 4. The summed E-state index contributed by atoms with van der Waals surface area (Å²) in [6.45, 7) is 0. The summed E-state index contributed by atoms with van der Waals surface area (Å²) in [6.07, 6.45) is 3.62. The van der Waals surface area contributed by atoms with E-state index in [1.165, 1.54) is 43.8 Å². The summed E-state index contributed by atoms with van der Waals surface area (Å²) in [7, 11) is 3.00. The zero-order valence-electron chi connectivity index (χ0n) is 29.2. The van der Waals surface area contributed by atoms with Gasteiger partial charge in [-0.15, -0.1) is 43.9 Å². The fourth-order valence-electron chi connectivity index (χ4n) is 4.46. The topological polar surface area (TPSA) is 134 Å². The average molecular weight is 813 g/mol. The van der Waals surface area contributed by atoms with Gasteiger partial charge in [0, 0.05) is 28.0 Å². The van der Waals surface area contributed by atoms with Crippen molar-refractivity contribution in [2.75, 3.05) is 26.7 Å².